The first kappa shape index (κ1) is 9.90. The van der Waals surface area contributed by atoms with Crippen LogP contribution < -0.4 is 4.74 Å². The van der Waals surface area contributed by atoms with Gasteiger partial charge in [0.2, 0.25) is 0 Å². The molecule has 1 aliphatic heterocycles. The molecule has 2 heterocycles. The van der Waals surface area contributed by atoms with E-state index in [1.165, 1.54) is 0 Å². The Morgan fingerprint density at radius 2 is 2.12 bits per heavy atom. The van der Waals surface area contributed by atoms with E-state index in [0.717, 1.165) is 28.1 Å². The lowest BCUT2D eigenvalue weighted by Gasteiger charge is -2.08. The van der Waals surface area contributed by atoms with Crippen LogP contribution >= 0.6 is 0 Å². The number of aromatic nitrogens is 1. The zero-order valence-electron chi connectivity index (χ0n) is 9.18. The Kier molecular flexibility index (Phi) is 2.11. The van der Waals surface area contributed by atoms with E-state index in [4.69, 9.17) is 4.74 Å². The average Bonchev–Trinajstić information content (AvgIpc) is 2.49. The molecular formula is C14H11NO2. The SMILES string of the molecule is C=C1c2cc(O)ccc2OCc2ncccc21. The molecule has 1 N–H and O–H groups in total. The minimum Gasteiger partial charge on any atom is -0.508 e. The van der Waals surface area contributed by atoms with E-state index in [1.807, 2.05) is 12.1 Å². The van der Waals surface area contributed by atoms with Crippen LogP contribution in [0.25, 0.3) is 5.57 Å². The van der Waals surface area contributed by atoms with Crippen molar-refractivity contribution in [3.63, 3.8) is 0 Å². The molecule has 1 aromatic carbocycles. The maximum absolute atomic E-state index is 9.53. The van der Waals surface area contributed by atoms with Crippen molar-refractivity contribution < 1.29 is 9.84 Å². The normalized spacial score (nSPS) is 13.3. The fraction of sp³-hybridized carbons (Fsp3) is 0.0714. The molecule has 0 radical (unpaired) electrons. The fourth-order valence-corrected chi connectivity index (χ4v) is 2.00. The minimum absolute atomic E-state index is 0.209. The molecule has 1 aromatic heterocycles. The first-order valence-corrected chi connectivity index (χ1v) is 5.35. The van der Waals surface area contributed by atoms with E-state index in [0.29, 0.717) is 6.61 Å². The van der Waals surface area contributed by atoms with Gasteiger partial charge in [-0.3, -0.25) is 4.98 Å². The van der Waals surface area contributed by atoms with Crippen molar-refractivity contribution in [1.29, 1.82) is 0 Å². The second-order valence-corrected chi connectivity index (χ2v) is 3.95. The molecule has 0 saturated carbocycles. The average molecular weight is 225 g/mol. The second-order valence-electron chi connectivity index (χ2n) is 3.95. The van der Waals surface area contributed by atoms with Crippen LogP contribution in [-0.4, -0.2) is 10.1 Å². The third-order valence-electron chi connectivity index (χ3n) is 2.87. The van der Waals surface area contributed by atoms with Gasteiger partial charge in [0.05, 0.1) is 5.69 Å². The maximum Gasteiger partial charge on any atom is 0.131 e. The van der Waals surface area contributed by atoms with Gasteiger partial charge in [-0.15, -0.1) is 0 Å². The highest BCUT2D eigenvalue weighted by Gasteiger charge is 2.18. The molecule has 1 aliphatic rings. The predicted octanol–water partition coefficient (Wildman–Crippen LogP) is 2.74. The van der Waals surface area contributed by atoms with E-state index in [9.17, 15) is 5.11 Å². The monoisotopic (exact) mass is 225 g/mol. The number of aromatic hydroxyl groups is 1. The molecule has 0 saturated heterocycles. The first-order valence-electron chi connectivity index (χ1n) is 5.35. The molecule has 0 atom stereocenters. The van der Waals surface area contributed by atoms with Crippen LogP contribution in [0.15, 0.2) is 43.1 Å². The highest BCUT2D eigenvalue weighted by atomic mass is 16.5. The molecule has 3 nitrogen and oxygen atoms in total. The summed E-state index contributed by atoms with van der Waals surface area (Å²) in [6.07, 6.45) is 1.74. The quantitative estimate of drug-likeness (QED) is 0.749. The van der Waals surface area contributed by atoms with Gasteiger partial charge in [-0.1, -0.05) is 12.6 Å². The number of hydrogen-bond acceptors (Lipinski definition) is 3. The Morgan fingerprint density at radius 1 is 1.24 bits per heavy atom. The molecule has 0 spiro atoms. The van der Waals surface area contributed by atoms with Crippen molar-refractivity contribution in [1.82, 2.24) is 4.98 Å². The summed E-state index contributed by atoms with van der Waals surface area (Å²) in [6.45, 7) is 4.49. The third-order valence-corrected chi connectivity index (χ3v) is 2.87. The van der Waals surface area contributed by atoms with Crippen LogP contribution in [0, 0.1) is 0 Å². The summed E-state index contributed by atoms with van der Waals surface area (Å²) in [4.78, 5) is 4.29. The van der Waals surface area contributed by atoms with Crippen LogP contribution in [0.3, 0.4) is 0 Å². The summed E-state index contributed by atoms with van der Waals surface area (Å²) in [5, 5.41) is 9.53. The molecule has 0 aliphatic carbocycles. The predicted molar refractivity (Wildman–Crippen MR) is 64.8 cm³/mol. The zero-order chi connectivity index (χ0) is 11.8. The zero-order valence-corrected chi connectivity index (χ0v) is 9.18. The van der Waals surface area contributed by atoms with E-state index < -0.39 is 0 Å². The van der Waals surface area contributed by atoms with Crippen molar-refractivity contribution >= 4 is 5.57 Å². The Labute approximate surface area is 99.0 Å². The van der Waals surface area contributed by atoms with Crippen LogP contribution in [0.2, 0.25) is 0 Å². The number of fused-ring (bicyclic) bond motifs is 2. The van der Waals surface area contributed by atoms with Crippen molar-refractivity contribution in [3.05, 3.63) is 59.9 Å². The van der Waals surface area contributed by atoms with E-state index in [2.05, 4.69) is 11.6 Å². The minimum atomic E-state index is 0.209. The number of phenolic OH excluding ortho intramolecular Hbond substituents is 1. The van der Waals surface area contributed by atoms with Crippen molar-refractivity contribution in [3.8, 4) is 11.5 Å². The van der Waals surface area contributed by atoms with E-state index >= 15 is 0 Å². The molecule has 2 aromatic rings. The smallest absolute Gasteiger partial charge is 0.131 e. The number of nitrogens with zero attached hydrogens (tertiary/aromatic N) is 1. The number of pyridine rings is 1. The molecule has 0 bridgehead atoms. The number of benzene rings is 1. The molecular weight excluding hydrogens is 214 g/mol. The summed E-state index contributed by atoms with van der Waals surface area (Å²) < 4.78 is 5.67. The highest BCUT2D eigenvalue weighted by Crippen LogP contribution is 2.36. The number of ether oxygens (including phenoxy) is 1. The second kappa shape index (κ2) is 3.63. The topological polar surface area (TPSA) is 42.4 Å². The van der Waals surface area contributed by atoms with Gasteiger partial charge in [-0.25, -0.2) is 0 Å². The van der Waals surface area contributed by atoms with Gasteiger partial charge in [-0.05, 0) is 29.8 Å². The molecule has 3 heteroatoms. The highest BCUT2D eigenvalue weighted by molar-refractivity contribution is 5.83. The summed E-state index contributed by atoms with van der Waals surface area (Å²) in [7, 11) is 0. The van der Waals surface area contributed by atoms with Gasteiger partial charge in [0.15, 0.2) is 0 Å². The molecule has 0 fully saturated rings. The molecule has 84 valence electrons. The van der Waals surface area contributed by atoms with E-state index in [1.54, 1.807) is 24.4 Å². The summed E-state index contributed by atoms with van der Waals surface area (Å²) >= 11 is 0. The Hall–Kier alpha value is -2.29. The van der Waals surface area contributed by atoms with Gasteiger partial charge in [0.1, 0.15) is 18.1 Å². The van der Waals surface area contributed by atoms with Gasteiger partial charge in [0.25, 0.3) is 0 Å². The largest absolute Gasteiger partial charge is 0.508 e. The first-order chi connectivity index (χ1) is 8.25. The van der Waals surface area contributed by atoms with Crippen molar-refractivity contribution in [2.45, 2.75) is 6.61 Å². The molecule has 3 rings (SSSR count). The van der Waals surface area contributed by atoms with Gasteiger partial charge < -0.3 is 9.84 Å². The van der Waals surface area contributed by atoms with Crippen molar-refractivity contribution in [2.75, 3.05) is 0 Å². The lowest BCUT2D eigenvalue weighted by atomic mass is 9.98. The summed E-state index contributed by atoms with van der Waals surface area (Å²) in [6, 6.07) is 8.86. The standard InChI is InChI=1S/C14H11NO2/c1-9-11-3-2-6-15-13(11)8-17-14-5-4-10(16)7-12(9)14/h2-7,16H,1,8H2. The van der Waals surface area contributed by atoms with Crippen LogP contribution in [-0.2, 0) is 6.61 Å². The number of hydrogen-bond donors (Lipinski definition) is 1. The van der Waals surface area contributed by atoms with E-state index in [-0.39, 0.29) is 5.75 Å². The van der Waals surface area contributed by atoms with Gasteiger partial charge >= 0.3 is 0 Å². The third kappa shape index (κ3) is 1.56. The molecule has 0 unspecified atom stereocenters. The van der Waals surface area contributed by atoms with Crippen LogP contribution in [0.5, 0.6) is 11.5 Å². The van der Waals surface area contributed by atoms with Crippen molar-refractivity contribution in [2.24, 2.45) is 0 Å². The Balaban J connectivity index is 2.22. The van der Waals surface area contributed by atoms with Crippen LogP contribution in [0.4, 0.5) is 0 Å². The summed E-state index contributed by atoms with van der Waals surface area (Å²) in [5.74, 6) is 0.937. The Bertz CT molecular complexity index is 605. The van der Waals surface area contributed by atoms with Crippen LogP contribution in [0.1, 0.15) is 16.8 Å². The number of rotatable bonds is 0. The van der Waals surface area contributed by atoms with Gasteiger partial charge in [0, 0.05) is 17.3 Å². The maximum atomic E-state index is 9.53. The van der Waals surface area contributed by atoms with Gasteiger partial charge in [-0.2, -0.15) is 0 Å². The number of phenols is 1. The molecule has 0 amide bonds. The lowest BCUT2D eigenvalue weighted by molar-refractivity contribution is 0.302. The Morgan fingerprint density at radius 3 is 3.00 bits per heavy atom. The summed E-state index contributed by atoms with van der Waals surface area (Å²) in [5.41, 5.74) is 3.48. The molecule has 17 heavy (non-hydrogen) atoms. The lowest BCUT2D eigenvalue weighted by Crippen LogP contribution is -1.98. The fourth-order valence-electron chi connectivity index (χ4n) is 2.00.